The molecule has 26 heavy (non-hydrogen) atoms. The molecule has 0 saturated heterocycles. The van der Waals surface area contributed by atoms with Gasteiger partial charge in [-0.2, -0.15) is 0 Å². The van der Waals surface area contributed by atoms with E-state index in [2.05, 4.69) is 0 Å². The molecule has 136 valence electrons. The summed E-state index contributed by atoms with van der Waals surface area (Å²) in [6, 6.07) is 14.2. The van der Waals surface area contributed by atoms with Gasteiger partial charge in [0.25, 0.3) is 0 Å². The minimum absolute atomic E-state index is 0.185. The summed E-state index contributed by atoms with van der Waals surface area (Å²) in [5.41, 5.74) is 1.84. The lowest BCUT2D eigenvalue weighted by molar-refractivity contribution is -0.116. The number of benzene rings is 2. The maximum Gasteiger partial charge on any atom is 0.175 e. The predicted molar refractivity (Wildman–Crippen MR) is 101 cm³/mol. The monoisotopic (exact) mass is 390 g/mol. The van der Waals surface area contributed by atoms with E-state index in [1.807, 2.05) is 31.2 Å². The molecule has 0 saturated carbocycles. The van der Waals surface area contributed by atoms with Crippen LogP contribution < -0.4 is 0 Å². The lowest BCUT2D eigenvalue weighted by Crippen LogP contribution is -2.25. The summed E-state index contributed by atoms with van der Waals surface area (Å²) in [6.07, 6.45) is 3.33. The van der Waals surface area contributed by atoms with Crippen molar-refractivity contribution in [2.24, 2.45) is 5.92 Å². The standard InChI is InChI=1S/C20H19ClO4S/c1-13-10-18(19(12-22)25-13)20(15-4-3-5-16(21)11-15)14-6-8-17(9-7-14)26(2,23)24/h3-12,18-20H,1-2H3. The Morgan fingerprint density at radius 1 is 1.12 bits per heavy atom. The zero-order valence-electron chi connectivity index (χ0n) is 14.4. The fraction of sp³-hybridized carbons (Fsp3) is 0.250. The summed E-state index contributed by atoms with van der Waals surface area (Å²) < 4.78 is 29.1. The van der Waals surface area contributed by atoms with Gasteiger partial charge in [0.15, 0.2) is 22.2 Å². The van der Waals surface area contributed by atoms with Gasteiger partial charge in [-0.25, -0.2) is 8.42 Å². The first-order valence-electron chi connectivity index (χ1n) is 8.15. The topological polar surface area (TPSA) is 60.4 Å². The van der Waals surface area contributed by atoms with Gasteiger partial charge in [0.05, 0.1) is 10.7 Å². The zero-order chi connectivity index (χ0) is 18.9. The molecule has 1 aliphatic heterocycles. The second-order valence-electron chi connectivity index (χ2n) is 6.45. The fourth-order valence-corrected chi connectivity index (χ4v) is 4.19. The Bertz CT molecular complexity index is 948. The van der Waals surface area contributed by atoms with Gasteiger partial charge in [-0.3, -0.25) is 4.79 Å². The normalized spacial score (nSPS) is 21.0. The van der Waals surface area contributed by atoms with Gasteiger partial charge in [-0.15, -0.1) is 0 Å². The number of rotatable bonds is 5. The van der Waals surface area contributed by atoms with Crippen LogP contribution in [0.3, 0.4) is 0 Å². The minimum Gasteiger partial charge on any atom is -0.487 e. The predicted octanol–water partition coefficient (Wildman–Crippen LogP) is 3.99. The average Bonchev–Trinajstić information content (AvgIpc) is 2.95. The summed E-state index contributed by atoms with van der Waals surface area (Å²) in [4.78, 5) is 11.8. The quantitative estimate of drug-likeness (QED) is 0.724. The number of aldehydes is 1. The third-order valence-corrected chi connectivity index (χ3v) is 5.89. The molecule has 0 spiro atoms. The number of carbonyl (C=O) groups excluding carboxylic acids is 1. The Balaban J connectivity index is 2.10. The van der Waals surface area contributed by atoms with Crippen LogP contribution in [0.4, 0.5) is 0 Å². The van der Waals surface area contributed by atoms with Crippen LogP contribution in [-0.4, -0.2) is 27.1 Å². The summed E-state index contributed by atoms with van der Waals surface area (Å²) in [6.45, 7) is 1.82. The Morgan fingerprint density at radius 2 is 1.81 bits per heavy atom. The first kappa shape index (κ1) is 18.7. The third-order valence-electron chi connectivity index (χ3n) is 4.52. The first-order valence-corrected chi connectivity index (χ1v) is 10.4. The Labute approximate surface area is 158 Å². The van der Waals surface area contributed by atoms with Gasteiger partial charge in [0.1, 0.15) is 0 Å². The lowest BCUT2D eigenvalue weighted by atomic mass is 9.78. The van der Waals surface area contributed by atoms with Crippen LogP contribution in [0, 0.1) is 5.92 Å². The Hall–Kier alpha value is -2.11. The van der Waals surface area contributed by atoms with E-state index in [0.29, 0.717) is 10.8 Å². The summed E-state index contributed by atoms with van der Waals surface area (Å²) in [5.74, 6) is 0.317. The molecule has 0 radical (unpaired) electrons. The second kappa shape index (κ2) is 7.25. The number of allylic oxidation sites excluding steroid dienone is 1. The van der Waals surface area contributed by atoms with Crippen LogP contribution >= 0.6 is 11.6 Å². The van der Waals surface area contributed by atoms with Gasteiger partial charge in [0.2, 0.25) is 0 Å². The molecular weight excluding hydrogens is 372 g/mol. The van der Waals surface area contributed by atoms with Gasteiger partial charge < -0.3 is 4.74 Å². The largest absolute Gasteiger partial charge is 0.487 e. The highest BCUT2D eigenvalue weighted by Crippen LogP contribution is 2.40. The molecule has 0 bridgehead atoms. The van der Waals surface area contributed by atoms with Crippen LogP contribution in [0.2, 0.25) is 5.02 Å². The van der Waals surface area contributed by atoms with Crippen LogP contribution in [0.5, 0.6) is 0 Å². The SMILES string of the molecule is CC1=CC(C(c2ccc(S(C)(=O)=O)cc2)c2cccc(Cl)c2)C(C=O)O1. The van der Waals surface area contributed by atoms with Crippen LogP contribution in [0.15, 0.2) is 65.3 Å². The molecule has 0 fully saturated rings. The van der Waals surface area contributed by atoms with Crippen molar-refractivity contribution in [2.75, 3.05) is 6.26 Å². The van der Waals surface area contributed by atoms with E-state index in [1.165, 1.54) is 6.26 Å². The van der Waals surface area contributed by atoms with E-state index in [0.717, 1.165) is 17.4 Å². The summed E-state index contributed by atoms with van der Waals surface area (Å²) in [5, 5.41) is 0.600. The summed E-state index contributed by atoms with van der Waals surface area (Å²) >= 11 is 6.17. The average molecular weight is 391 g/mol. The fourth-order valence-electron chi connectivity index (χ4n) is 3.36. The number of ether oxygens (including phenoxy) is 1. The highest BCUT2D eigenvalue weighted by Gasteiger charge is 2.36. The summed E-state index contributed by atoms with van der Waals surface area (Å²) in [7, 11) is -3.27. The third kappa shape index (κ3) is 3.84. The van der Waals surface area contributed by atoms with E-state index in [4.69, 9.17) is 16.3 Å². The van der Waals surface area contributed by atoms with Crippen LogP contribution in [-0.2, 0) is 19.4 Å². The van der Waals surface area contributed by atoms with Crippen molar-refractivity contribution in [3.63, 3.8) is 0 Å². The molecular formula is C20H19ClO4S. The molecule has 3 rings (SSSR count). The van der Waals surface area contributed by atoms with Crippen molar-refractivity contribution < 1.29 is 17.9 Å². The first-order chi connectivity index (χ1) is 12.3. The molecule has 1 heterocycles. The molecule has 2 aromatic carbocycles. The van der Waals surface area contributed by atoms with E-state index >= 15 is 0 Å². The van der Waals surface area contributed by atoms with E-state index in [9.17, 15) is 13.2 Å². The molecule has 0 aliphatic carbocycles. The number of carbonyl (C=O) groups is 1. The van der Waals surface area contributed by atoms with Crippen molar-refractivity contribution in [3.8, 4) is 0 Å². The van der Waals surface area contributed by atoms with Crippen molar-refractivity contribution in [1.82, 2.24) is 0 Å². The van der Waals surface area contributed by atoms with Crippen LogP contribution in [0.25, 0.3) is 0 Å². The van der Waals surface area contributed by atoms with Crippen molar-refractivity contribution in [3.05, 3.63) is 76.5 Å². The van der Waals surface area contributed by atoms with E-state index < -0.39 is 15.9 Å². The molecule has 3 unspecified atom stereocenters. The van der Waals surface area contributed by atoms with Gasteiger partial charge in [-0.05, 0) is 48.4 Å². The van der Waals surface area contributed by atoms with Crippen molar-refractivity contribution >= 4 is 27.7 Å². The van der Waals surface area contributed by atoms with Crippen molar-refractivity contribution in [1.29, 1.82) is 0 Å². The lowest BCUT2D eigenvalue weighted by Gasteiger charge is -2.26. The molecule has 1 aliphatic rings. The number of halogens is 1. The number of hydrogen-bond donors (Lipinski definition) is 0. The highest BCUT2D eigenvalue weighted by molar-refractivity contribution is 7.90. The number of hydrogen-bond acceptors (Lipinski definition) is 4. The van der Waals surface area contributed by atoms with E-state index in [-0.39, 0.29) is 16.7 Å². The van der Waals surface area contributed by atoms with Gasteiger partial charge in [-0.1, -0.05) is 35.9 Å². The zero-order valence-corrected chi connectivity index (χ0v) is 16.0. The molecule has 2 aromatic rings. The second-order valence-corrected chi connectivity index (χ2v) is 8.90. The molecule has 6 heteroatoms. The van der Waals surface area contributed by atoms with Gasteiger partial charge >= 0.3 is 0 Å². The van der Waals surface area contributed by atoms with E-state index in [1.54, 1.807) is 30.3 Å². The van der Waals surface area contributed by atoms with Crippen molar-refractivity contribution in [2.45, 2.75) is 23.8 Å². The van der Waals surface area contributed by atoms with Crippen LogP contribution in [0.1, 0.15) is 24.0 Å². The van der Waals surface area contributed by atoms with Gasteiger partial charge in [0, 0.05) is 23.1 Å². The Morgan fingerprint density at radius 3 is 2.38 bits per heavy atom. The highest BCUT2D eigenvalue weighted by atomic mass is 35.5. The minimum atomic E-state index is -3.27. The molecule has 0 N–H and O–H groups in total. The molecule has 0 amide bonds. The molecule has 0 aromatic heterocycles. The molecule has 3 atom stereocenters. The smallest absolute Gasteiger partial charge is 0.175 e. The maximum atomic E-state index is 11.7. The molecule has 4 nitrogen and oxygen atoms in total. The maximum absolute atomic E-state index is 11.7. The Kier molecular flexibility index (Phi) is 5.21. The number of sulfone groups is 1.